The third-order valence-electron chi connectivity index (χ3n) is 7.04. The lowest BCUT2D eigenvalue weighted by Gasteiger charge is -2.26. The number of carbonyl (C=O) groups excluding carboxylic acids is 2. The molecule has 4 N–H and O–H groups in total. The normalized spacial score (nSPS) is 14.1. The van der Waals surface area contributed by atoms with Gasteiger partial charge >= 0.3 is 12.2 Å². The number of Topliss-reactive ketones (excluding diaryl/α,β-unsaturated/α-hetero) is 1. The van der Waals surface area contributed by atoms with Crippen molar-refractivity contribution < 1.29 is 41.0 Å². The third-order valence-corrected chi connectivity index (χ3v) is 7.04. The first kappa shape index (κ1) is 31.7. The summed E-state index contributed by atoms with van der Waals surface area (Å²) < 4.78 is 80.3. The molecule has 0 spiro atoms. The summed E-state index contributed by atoms with van der Waals surface area (Å²) in [5, 5.41) is 8.22. The number of amides is 2. The van der Waals surface area contributed by atoms with Gasteiger partial charge in [-0.05, 0) is 48.4 Å². The van der Waals surface area contributed by atoms with Crippen LogP contribution in [-0.4, -0.2) is 77.4 Å². The minimum Gasteiger partial charge on any atom is -0.382 e. The van der Waals surface area contributed by atoms with Gasteiger partial charge in [-0.15, -0.1) is 0 Å². The summed E-state index contributed by atoms with van der Waals surface area (Å²) in [4.78, 5) is 31.7. The predicted octanol–water partition coefficient (Wildman–Crippen LogP) is 4.84. The molecule has 1 aliphatic heterocycles. The van der Waals surface area contributed by atoms with Gasteiger partial charge in [-0.2, -0.15) is 18.3 Å². The lowest BCUT2D eigenvalue weighted by atomic mass is 10.1. The Hall–Kier alpha value is -4.67. The van der Waals surface area contributed by atoms with E-state index in [-0.39, 0.29) is 34.9 Å². The molecule has 0 saturated carbocycles. The second-order valence-corrected chi connectivity index (χ2v) is 10.1. The first-order valence-electron chi connectivity index (χ1n) is 13.8. The molecule has 16 heteroatoms. The van der Waals surface area contributed by atoms with Crippen LogP contribution in [0.1, 0.15) is 22.5 Å². The smallest absolute Gasteiger partial charge is 0.382 e. The summed E-state index contributed by atoms with van der Waals surface area (Å²) in [6.45, 7) is 4.04. The fourth-order valence-electron chi connectivity index (χ4n) is 4.80. The zero-order chi connectivity index (χ0) is 32.1. The Morgan fingerprint density at radius 2 is 1.76 bits per heavy atom. The average molecular weight is 634 g/mol. The maximum Gasteiger partial charge on any atom is 0.416 e. The summed E-state index contributed by atoms with van der Waals surface area (Å²) in [6.07, 6.45) is -2.86. The topological polar surface area (TPSA) is 136 Å². The number of halogens is 5. The largest absolute Gasteiger partial charge is 0.416 e. The Morgan fingerprint density at radius 1 is 1.00 bits per heavy atom. The Kier molecular flexibility index (Phi) is 9.55. The second-order valence-electron chi connectivity index (χ2n) is 10.1. The molecule has 0 radical (unpaired) electrons. The van der Waals surface area contributed by atoms with Gasteiger partial charge in [-0.1, -0.05) is 6.07 Å². The number of hydrogen-bond acceptors (Lipinski definition) is 8. The number of alkyl halides is 3. The average Bonchev–Trinajstić information content (AvgIpc) is 3.40. The van der Waals surface area contributed by atoms with E-state index in [0.29, 0.717) is 43.6 Å². The van der Waals surface area contributed by atoms with Crippen LogP contribution in [0.5, 0.6) is 0 Å². The number of morpholine rings is 1. The fourth-order valence-corrected chi connectivity index (χ4v) is 4.80. The number of nitrogens with two attached hydrogens (primary N) is 1. The van der Waals surface area contributed by atoms with Gasteiger partial charge in [0, 0.05) is 31.8 Å². The molecule has 1 saturated heterocycles. The van der Waals surface area contributed by atoms with E-state index in [4.69, 9.17) is 15.2 Å². The van der Waals surface area contributed by atoms with E-state index in [2.05, 4.69) is 20.3 Å². The van der Waals surface area contributed by atoms with Crippen LogP contribution in [0.25, 0.3) is 16.6 Å². The molecule has 238 valence electrons. The predicted molar refractivity (Wildman–Crippen MR) is 154 cm³/mol. The van der Waals surface area contributed by atoms with E-state index in [0.717, 1.165) is 32.1 Å². The van der Waals surface area contributed by atoms with Crippen LogP contribution in [-0.2, 0) is 15.7 Å². The number of ketones is 1. The van der Waals surface area contributed by atoms with Crippen molar-refractivity contribution in [1.29, 1.82) is 0 Å². The maximum absolute atomic E-state index is 15.1. The van der Waals surface area contributed by atoms with Crippen molar-refractivity contribution in [2.45, 2.75) is 12.6 Å². The van der Waals surface area contributed by atoms with Crippen LogP contribution in [0.3, 0.4) is 0 Å². The van der Waals surface area contributed by atoms with E-state index >= 15 is 4.39 Å². The minimum absolute atomic E-state index is 0.0237. The van der Waals surface area contributed by atoms with E-state index < -0.39 is 40.9 Å². The summed E-state index contributed by atoms with van der Waals surface area (Å²) >= 11 is 0. The number of urea groups is 1. The van der Waals surface area contributed by atoms with Gasteiger partial charge in [0.1, 0.15) is 35.8 Å². The Morgan fingerprint density at radius 3 is 2.49 bits per heavy atom. The van der Waals surface area contributed by atoms with Crippen LogP contribution in [0.2, 0.25) is 0 Å². The number of nitrogens with zero attached hydrogens (tertiary/aromatic N) is 4. The molecule has 11 nitrogen and oxygen atoms in total. The molecular weight excluding hydrogens is 605 g/mol. The standard InChI is InChI=1S/C29H28F5N7O4/c30-20-4-3-18(29(32,33)34)13-23(20)39-28(43)38-22-5-2-17(12-21(22)31)19-14-24(41-26(19)27(35)36-16-37-41)25(42)15-45-9-1-6-40-7-10-44-11-8-40/h2-5,12-14,16H,1,6-11,15H2,(H2,35,36,37)(H2,38,39,43). The zero-order valence-electron chi connectivity index (χ0n) is 23.7. The second kappa shape index (κ2) is 13.5. The van der Waals surface area contributed by atoms with E-state index in [1.54, 1.807) is 0 Å². The number of hydrogen-bond donors (Lipinski definition) is 3. The monoisotopic (exact) mass is 633 g/mol. The maximum atomic E-state index is 15.1. The highest BCUT2D eigenvalue weighted by Gasteiger charge is 2.31. The highest BCUT2D eigenvalue weighted by Crippen LogP contribution is 2.34. The number of ether oxygens (including phenoxy) is 2. The molecule has 2 aromatic heterocycles. The molecule has 3 heterocycles. The molecule has 0 unspecified atom stereocenters. The van der Waals surface area contributed by atoms with E-state index in [1.807, 2.05) is 5.32 Å². The lowest BCUT2D eigenvalue weighted by molar-refractivity contribution is -0.137. The molecule has 2 amide bonds. The molecular formula is C29H28F5N7O4. The first-order valence-corrected chi connectivity index (χ1v) is 13.8. The van der Waals surface area contributed by atoms with Crippen molar-refractivity contribution in [2.24, 2.45) is 0 Å². The van der Waals surface area contributed by atoms with Crippen LogP contribution in [0.15, 0.2) is 48.8 Å². The molecule has 2 aromatic carbocycles. The molecule has 0 atom stereocenters. The third kappa shape index (κ3) is 7.53. The molecule has 1 fully saturated rings. The number of fused-ring (bicyclic) bond motifs is 1. The minimum atomic E-state index is -4.76. The summed E-state index contributed by atoms with van der Waals surface area (Å²) in [7, 11) is 0. The summed E-state index contributed by atoms with van der Waals surface area (Å²) in [5.74, 6) is -2.41. The van der Waals surface area contributed by atoms with E-state index in [1.165, 1.54) is 29.0 Å². The molecule has 0 bridgehead atoms. The van der Waals surface area contributed by atoms with Gasteiger partial charge in [0.25, 0.3) is 0 Å². The fraction of sp³-hybridized carbons (Fsp3) is 0.310. The number of nitrogen functional groups attached to an aromatic ring is 1. The zero-order valence-corrected chi connectivity index (χ0v) is 23.7. The molecule has 4 aromatic rings. The van der Waals surface area contributed by atoms with Gasteiger partial charge in [0.2, 0.25) is 5.78 Å². The van der Waals surface area contributed by atoms with Gasteiger partial charge < -0.3 is 25.8 Å². The quantitative estimate of drug-likeness (QED) is 0.128. The number of rotatable bonds is 10. The number of benzene rings is 2. The van der Waals surface area contributed by atoms with E-state index in [9.17, 15) is 27.2 Å². The van der Waals surface area contributed by atoms with Crippen molar-refractivity contribution in [3.8, 4) is 11.1 Å². The van der Waals surface area contributed by atoms with Crippen LogP contribution in [0.4, 0.5) is 43.9 Å². The molecule has 5 rings (SSSR count). The van der Waals surface area contributed by atoms with Crippen LogP contribution >= 0.6 is 0 Å². The lowest BCUT2D eigenvalue weighted by Crippen LogP contribution is -2.37. The Balaban J connectivity index is 1.28. The number of aromatic nitrogens is 3. The van der Waals surface area contributed by atoms with Gasteiger partial charge in [-0.25, -0.2) is 23.1 Å². The van der Waals surface area contributed by atoms with Gasteiger partial charge in [0.05, 0.1) is 30.2 Å². The van der Waals surface area contributed by atoms with Crippen molar-refractivity contribution in [2.75, 3.05) is 62.4 Å². The highest BCUT2D eigenvalue weighted by atomic mass is 19.4. The Bertz CT molecular complexity index is 1710. The van der Waals surface area contributed by atoms with Crippen molar-refractivity contribution in [3.63, 3.8) is 0 Å². The highest BCUT2D eigenvalue weighted by molar-refractivity contribution is 6.02. The molecule has 1 aliphatic rings. The summed E-state index contributed by atoms with van der Waals surface area (Å²) in [5.41, 5.74) is 4.77. The summed E-state index contributed by atoms with van der Waals surface area (Å²) in [6, 6.07) is 5.47. The van der Waals surface area contributed by atoms with Crippen LogP contribution in [0, 0.1) is 11.6 Å². The molecule has 45 heavy (non-hydrogen) atoms. The molecule has 0 aliphatic carbocycles. The van der Waals surface area contributed by atoms with Crippen molar-refractivity contribution >= 4 is 34.5 Å². The van der Waals surface area contributed by atoms with Gasteiger partial charge in [-0.3, -0.25) is 9.69 Å². The van der Waals surface area contributed by atoms with Crippen LogP contribution < -0.4 is 16.4 Å². The van der Waals surface area contributed by atoms with Crippen molar-refractivity contribution in [3.05, 3.63) is 71.7 Å². The SMILES string of the molecule is Nc1ncnn2c(C(=O)COCCCN3CCOCC3)cc(-c3ccc(NC(=O)Nc4cc(C(F)(F)F)ccc4F)c(F)c3)c12. The number of nitrogens with one attached hydrogen (secondary N) is 2. The van der Waals surface area contributed by atoms with Gasteiger partial charge in [0.15, 0.2) is 5.82 Å². The number of anilines is 3. The Labute approximate surface area is 253 Å². The first-order chi connectivity index (χ1) is 21.5. The van der Waals surface area contributed by atoms with Crippen molar-refractivity contribution in [1.82, 2.24) is 19.5 Å². The number of carbonyl (C=O) groups is 2.